The minimum absolute atomic E-state index is 0.0295. The second-order valence-electron chi connectivity index (χ2n) is 3.38. The summed E-state index contributed by atoms with van der Waals surface area (Å²) in [6, 6.07) is 1.45. The third-order valence-electron chi connectivity index (χ3n) is 1.97. The Morgan fingerprint density at radius 2 is 2.00 bits per heavy atom. The summed E-state index contributed by atoms with van der Waals surface area (Å²) < 4.78 is 25.6. The summed E-state index contributed by atoms with van der Waals surface area (Å²) in [6.07, 6.45) is 0.943. The number of aromatic nitrogens is 1. The van der Waals surface area contributed by atoms with E-state index in [0.29, 0.717) is 0 Å². The van der Waals surface area contributed by atoms with Crippen LogP contribution in [0.4, 0.5) is 4.79 Å². The van der Waals surface area contributed by atoms with Crippen LogP contribution in [0.1, 0.15) is 10.4 Å². The van der Waals surface area contributed by atoms with Crippen molar-refractivity contribution in [3.8, 4) is 0 Å². The van der Waals surface area contributed by atoms with Crippen molar-refractivity contribution >= 4 is 22.0 Å². The normalized spacial score (nSPS) is 10.9. The van der Waals surface area contributed by atoms with E-state index in [1.165, 1.54) is 0 Å². The number of nitrogens with one attached hydrogen (secondary N) is 2. The van der Waals surface area contributed by atoms with Gasteiger partial charge in [-0.05, 0) is 12.1 Å². The lowest BCUT2D eigenvalue weighted by atomic mass is 10.3. The summed E-state index contributed by atoms with van der Waals surface area (Å²) in [5.74, 6) is -1.20. The molecule has 0 radical (unpaired) electrons. The van der Waals surface area contributed by atoms with Crippen LogP contribution in [0.25, 0.3) is 0 Å². The van der Waals surface area contributed by atoms with Crippen LogP contribution in [0.5, 0.6) is 0 Å². The number of nitrogens with two attached hydrogens (primary N) is 1. The number of hydrogen-bond donors (Lipinski definition) is 4. The predicted octanol–water partition coefficient (Wildman–Crippen LogP) is -1.27. The summed E-state index contributed by atoms with van der Waals surface area (Å²) in [5, 5.41) is 10.5. The molecule has 0 aliphatic carbocycles. The van der Waals surface area contributed by atoms with Crippen molar-refractivity contribution in [3.05, 3.63) is 23.9 Å². The van der Waals surface area contributed by atoms with Crippen LogP contribution >= 0.6 is 0 Å². The number of aromatic carboxylic acids is 1. The zero-order chi connectivity index (χ0) is 14.5. The average molecular weight is 288 g/mol. The van der Waals surface area contributed by atoms with E-state index in [-0.39, 0.29) is 23.7 Å². The Bertz CT molecular complexity index is 569. The van der Waals surface area contributed by atoms with E-state index in [1.54, 1.807) is 0 Å². The van der Waals surface area contributed by atoms with Crippen molar-refractivity contribution in [1.29, 1.82) is 0 Å². The molecule has 1 heterocycles. The van der Waals surface area contributed by atoms with Crippen LogP contribution in [-0.2, 0) is 10.0 Å². The largest absolute Gasteiger partial charge is 0.478 e. The van der Waals surface area contributed by atoms with Gasteiger partial charge in [0.2, 0.25) is 0 Å². The highest BCUT2D eigenvalue weighted by Gasteiger charge is 2.15. The van der Waals surface area contributed by atoms with Crippen molar-refractivity contribution < 1.29 is 23.1 Å². The zero-order valence-corrected chi connectivity index (χ0v) is 10.5. The number of urea groups is 1. The highest BCUT2D eigenvalue weighted by atomic mass is 32.2. The number of carboxylic acids is 1. The minimum atomic E-state index is -3.85. The number of primary amides is 1. The third kappa shape index (κ3) is 4.52. The Kier molecular flexibility index (Phi) is 4.78. The molecule has 1 aromatic rings. The van der Waals surface area contributed by atoms with Crippen molar-refractivity contribution in [2.24, 2.45) is 5.73 Å². The molecule has 0 aromatic carbocycles. The number of carbonyl (C=O) groups is 2. The first-order valence-corrected chi connectivity index (χ1v) is 6.53. The van der Waals surface area contributed by atoms with Gasteiger partial charge in [0.1, 0.15) is 0 Å². The Balaban J connectivity index is 2.66. The Labute approximate surface area is 108 Å². The molecular weight excluding hydrogens is 276 g/mol. The van der Waals surface area contributed by atoms with Crippen LogP contribution in [0.3, 0.4) is 0 Å². The molecule has 1 aromatic heterocycles. The van der Waals surface area contributed by atoms with E-state index in [9.17, 15) is 18.0 Å². The van der Waals surface area contributed by atoms with Crippen molar-refractivity contribution in [3.63, 3.8) is 0 Å². The van der Waals surface area contributed by atoms with Gasteiger partial charge >= 0.3 is 12.0 Å². The number of hydrogen-bond acceptors (Lipinski definition) is 5. The first kappa shape index (κ1) is 14.9. The van der Waals surface area contributed by atoms with Gasteiger partial charge in [-0.1, -0.05) is 0 Å². The molecule has 104 valence electrons. The lowest BCUT2D eigenvalue weighted by molar-refractivity contribution is 0.0696. The SMILES string of the molecule is NC(=O)NCCNS(=O)(=O)c1ccc(C(=O)O)cn1. The van der Waals surface area contributed by atoms with Crippen molar-refractivity contribution in [2.45, 2.75) is 5.03 Å². The maximum absolute atomic E-state index is 11.7. The van der Waals surface area contributed by atoms with Gasteiger partial charge in [-0.25, -0.2) is 27.7 Å². The van der Waals surface area contributed by atoms with E-state index in [2.05, 4.69) is 15.0 Å². The van der Waals surface area contributed by atoms with E-state index >= 15 is 0 Å². The highest BCUT2D eigenvalue weighted by molar-refractivity contribution is 7.89. The quantitative estimate of drug-likeness (QED) is 0.479. The van der Waals surface area contributed by atoms with Gasteiger partial charge < -0.3 is 16.2 Å². The third-order valence-corrected chi connectivity index (χ3v) is 3.35. The Morgan fingerprint density at radius 1 is 1.32 bits per heavy atom. The first-order chi connectivity index (χ1) is 8.83. The summed E-state index contributed by atoms with van der Waals surface area (Å²) in [5.41, 5.74) is 4.69. The molecule has 0 saturated carbocycles. The zero-order valence-electron chi connectivity index (χ0n) is 9.66. The second-order valence-corrected chi connectivity index (χ2v) is 5.09. The van der Waals surface area contributed by atoms with Crippen molar-refractivity contribution in [2.75, 3.05) is 13.1 Å². The van der Waals surface area contributed by atoms with Gasteiger partial charge in [0.15, 0.2) is 5.03 Å². The predicted molar refractivity (Wildman–Crippen MR) is 64.0 cm³/mol. The summed E-state index contributed by atoms with van der Waals surface area (Å²) >= 11 is 0. The maximum atomic E-state index is 11.7. The number of carbonyl (C=O) groups excluding carboxylic acids is 1. The van der Waals surface area contributed by atoms with E-state index in [4.69, 9.17) is 10.8 Å². The molecular formula is C9H12N4O5S. The number of sulfonamides is 1. The van der Waals surface area contributed by atoms with Gasteiger partial charge in [0.25, 0.3) is 10.0 Å². The van der Waals surface area contributed by atoms with Crippen LogP contribution in [0.2, 0.25) is 0 Å². The molecule has 1 rings (SSSR count). The van der Waals surface area contributed by atoms with E-state index < -0.39 is 22.0 Å². The summed E-state index contributed by atoms with van der Waals surface area (Å²) in [7, 11) is -3.85. The lowest BCUT2D eigenvalue weighted by Crippen LogP contribution is -2.37. The second kappa shape index (κ2) is 6.11. The molecule has 0 spiro atoms. The fourth-order valence-corrected chi connectivity index (χ4v) is 2.07. The number of rotatable bonds is 6. The van der Waals surface area contributed by atoms with Crippen LogP contribution < -0.4 is 15.8 Å². The number of amides is 2. The molecule has 9 nitrogen and oxygen atoms in total. The number of pyridine rings is 1. The maximum Gasteiger partial charge on any atom is 0.337 e. The lowest BCUT2D eigenvalue weighted by Gasteiger charge is -2.06. The average Bonchev–Trinajstić information content (AvgIpc) is 2.34. The smallest absolute Gasteiger partial charge is 0.337 e. The fraction of sp³-hybridized carbons (Fsp3) is 0.222. The van der Waals surface area contributed by atoms with Gasteiger partial charge in [-0.3, -0.25) is 0 Å². The summed E-state index contributed by atoms with van der Waals surface area (Å²) in [4.78, 5) is 24.5. The molecule has 0 aliphatic rings. The van der Waals surface area contributed by atoms with E-state index in [1.807, 2.05) is 0 Å². The molecule has 0 saturated heterocycles. The Morgan fingerprint density at radius 3 is 2.47 bits per heavy atom. The van der Waals surface area contributed by atoms with Gasteiger partial charge in [0, 0.05) is 19.3 Å². The van der Waals surface area contributed by atoms with E-state index in [0.717, 1.165) is 18.3 Å². The number of nitrogens with zero attached hydrogens (tertiary/aromatic N) is 1. The van der Waals surface area contributed by atoms with Gasteiger partial charge in [-0.15, -0.1) is 0 Å². The Hall–Kier alpha value is -2.20. The van der Waals surface area contributed by atoms with Crippen LogP contribution in [0.15, 0.2) is 23.4 Å². The van der Waals surface area contributed by atoms with Crippen LogP contribution in [-0.4, -0.2) is 43.6 Å². The molecule has 0 bridgehead atoms. The van der Waals surface area contributed by atoms with Crippen LogP contribution in [0, 0.1) is 0 Å². The van der Waals surface area contributed by atoms with Gasteiger partial charge in [-0.2, -0.15) is 0 Å². The molecule has 0 aliphatic heterocycles. The van der Waals surface area contributed by atoms with Crippen molar-refractivity contribution in [1.82, 2.24) is 15.0 Å². The minimum Gasteiger partial charge on any atom is -0.478 e. The molecule has 0 unspecified atom stereocenters. The number of carboxylic acid groups (broad SMARTS) is 1. The monoisotopic (exact) mass is 288 g/mol. The highest BCUT2D eigenvalue weighted by Crippen LogP contribution is 2.06. The molecule has 0 fully saturated rings. The molecule has 10 heteroatoms. The topological polar surface area (TPSA) is 151 Å². The fourth-order valence-electron chi connectivity index (χ4n) is 1.11. The molecule has 0 atom stereocenters. The first-order valence-electron chi connectivity index (χ1n) is 5.05. The summed E-state index contributed by atoms with van der Waals surface area (Å²) in [6.45, 7) is -0.0323. The molecule has 5 N–H and O–H groups in total. The molecule has 2 amide bonds. The standard InChI is InChI=1S/C9H12N4O5S/c10-9(16)11-3-4-13-19(17,18)7-2-1-6(5-12-7)8(14)15/h1-2,5,13H,3-4H2,(H,14,15)(H3,10,11,16). The van der Waals surface area contributed by atoms with Gasteiger partial charge in [0.05, 0.1) is 5.56 Å². The molecule has 19 heavy (non-hydrogen) atoms.